The van der Waals surface area contributed by atoms with Crippen molar-refractivity contribution in [2.75, 3.05) is 5.32 Å². The molecule has 0 atom stereocenters. The second kappa shape index (κ2) is 8.86. The number of halogens is 1. The van der Waals surface area contributed by atoms with Gasteiger partial charge in [0.1, 0.15) is 17.3 Å². The number of hydrogen-bond donors (Lipinski definition) is 3. The summed E-state index contributed by atoms with van der Waals surface area (Å²) in [6.07, 6.45) is 8.94. The molecule has 2 fully saturated rings. The van der Waals surface area contributed by atoms with Crippen molar-refractivity contribution in [2.24, 2.45) is 16.8 Å². The van der Waals surface area contributed by atoms with Crippen molar-refractivity contribution in [2.45, 2.75) is 51.0 Å². The van der Waals surface area contributed by atoms with Crippen molar-refractivity contribution in [3.8, 4) is 5.69 Å². The Hall–Kier alpha value is -3.79. The summed E-state index contributed by atoms with van der Waals surface area (Å²) in [4.78, 5) is 21.9. The molecule has 0 radical (unpaired) electrons. The van der Waals surface area contributed by atoms with Crippen LogP contribution in [-0.4, -0.2) is 37.3 Å². The largest absolute Gasteiger partial charge is 0.321 e. The van der Waals surface area contributed by atoms with Crippen LogP contribution in [0.5, 0.6) is 0 Å². The van der Waals surface area contributed by atoms with E-state index in [1.54, 1.807) is 31.5 Å². The quantitative estimate of drug-likeness (QED) is 0.222. The lowest BCUT2D eigenvalue weighted by molar-refractivity contribution is 0.102. The number of nitrogens with two attached hydrogens (primary N) is 2. The van der Waals surface area contributed by atoms with Crippen LogP contribution in [0.15, 0.2) is 48.0 Å². The fourth-order valence-corrected chi connectivity index (χ4v) is 4.09. The maximum absolute atomic E-state index is 14.8. The van der Waals surface area contributed by atoms with Crippen LogP contribution in [0.2, 0.25) is 0 Å². The molecule has 9 nitrogen and oxygen atoms in total. The molecule has 2 heterocycles. The Kier molecular flexibility index (Phi) is 5.74. The summed E-state index contributed by atoms with van der Waals surface area (Å²) in [6.45, 7) is 1.80. The molecule has 2 aromatic heterocycles. The summed E-state index contributed by atoms with van der Waals surface area (Å²) in [5.41, 5.74) is 2.76. The molecule has 5 N–H and O–H groups in total. The predicted molar refractivity (Wildman–Crippen MR) is 129 cm³/mol. The Morgan fingerprint density at radius 3 is 2.76 bits per heavy atom. The highest BCUT2D eigenvalue weighted by atomic mass is 19.1. The van der Waals surface area contributed by atoms with E-state index in [2.05, 4.69) is 20.4 Å². The Balaban J connectivity index is 0.00000289. The van der Waals surface area contributed by atoms with Gasteiger partial charge in [0.05, 0.1) is 23.3 Å². The van der Waals surface area contributed by atoms with E-state index in [0.717, 1.165) is 37.8 Å². The minimum absolute atomic E-state index is 0. The maximum atomic E-state index is 14.8. The minimum Gasteiger partial charge on any atom is -0.321 e. The van der Waals surface area contributed by atoms with Crippen LogP contribution >= 0.6 is 0 Å². The van der Waals surface area contributed by atoms with Gasteiger partial charge >= 0.3 is 0 Å². The number of hydrazone groups is 1. The summed E-state index contributed by atoms with van der Waals surface area (Å²) >= 11 is 0. The van der Waals surface area contributed by atoms with E-state index in [9.17, 15) is 9.18 Å². The molecular weight excluding hydrogens is 435 g/mol. The van der Waals surface area contributed by atoms with Gasteiger partial charge in [-0.25, -0.2) is 20.2 Å². The number of amides is 1. The van der Waals surface area contributed by atoms with E-state index in [-0.39, 0.29) is 18.8 Å². The summed E-state index contributed by atoms with van der Waals surface area (Å²) < 4.78 is 16.6. The van der Waals surface area contributed by atoms with Gasteiger partial charge in [-0.15, -0.1) is 0 Å². The second-order valence-corrected chi connectivity index (χ2v) is 8.91. The van der Waals surface area contributed by atoms with Gasteiger partial charge in [0, 0.05) is 19.6 Å². The molecule has 2 saturated carbocycles. The molecule has 0 aliphatic heterocycles. The molecule has 1 aromatic carbocycles. The topological polar surface area (TPSA) is 127 Å². The molecule has 2 aliphatic rings. The molecule has 34 heavy (non-hydrogen) atoms. The first kappa shape index (κ1) is 22.0. The Morgan fingerprint density at radius 1 is 1.29 bits per heavy atom. The fourth-order valence-electron chi connectivity index (χ4n) is 4.09. The van der Waals surface area contributed by atoms with Crippen molar-refractivity contribution in [1.29, 1.82) is 0 Å². The standard InChI is InChI=1S/C24H27FN8O.H2/c1-14-10-18(25)17(11-21(14)32-12-20(28-13-32)15-8-9-15)24(34)30-22-7-3-6-19(29-22)23(31-26)33(27)16-4-2-5-16;/h3,6-7,10-13,15-16H,2,4-5,8-9,26-27H2,1H3,(H,29,30,34);1H/b31-23-;. The lowest BCUT2D eigenvalue weighted by Crippen LogP contribution is -2.49. The summed E-state index contributed by atoms with van der Waals surface area (Å²) in [5.74, 6) is 11.6. The molecule has 0 bridgehead atoms. The third-order valence-electron chi connectivity index (χ3n) is 6.46. The molecule has 178 valence electrons. The number of aryl methyl sites for hydroxylation is 1. The van der Waals surface area contributed by atoms with Crippen LogP contribution in [0.3, 0.4) is 0 Å². The number of hydrazine groups is 1. The van der Waals surface area contributed by atoms with Crippen molar-refractivity contribution in [3.63, 3.8) is 0 Å². The van der Waals surface area contributed by atoms with Crippen LogP contribution in [-0.2, 0) is 0 Å². The van der Waals surface area contributed by atoms with Gasteiger partial charge in [-0.05, 0) is 68.9 Å². The van der Waals surface area contributed by atoms with Crippen LogP contribution in [0.25, 0.3) is 5.69 Å². The zero-order valence-corrected chi connectivity index (χ0v) is 18.9. The van der Waals surface area contributed by atoms with Crippen LogP contribution in [0.1, 0.15) is 66.8 Å². The highest BCUT2D eigenvalue weighted by Gasteiger charge is 2.28. The van der Waals surface area contributed by atoms with Crippen LogP contribution in [0, 0.1) is 12.7 Å². The molecular formula is C24H29FN8O. The normalized spacial score (nSPS) is 16.3. The van der Waals surface area contributed by atoms with Crippen LogP contribution < -0.4 is 17.0 Å². The van der Waals surface area contributed by atoms with Crippen molar-refractivity contribution >= 4 is 17.6 Å². The first-order valence-electron chi connectivity index (χ1n) is 11.4. The lowest BCUT2D eigenvalue weighted by atomic mass is 9.92. The summed E-state index contributed by atoms with van der Waals surface area (Å²) in [5, 5.41) is 8.00. The highest BCUT2D eigenvalue weighted by molar-refractivity contribution is 6.05. The van der Waals surface area contributed by atoms with Crippen LogP contribution in [0.4, 0.5) is 10.2 Å². The van der Waals surface area contributed by atoms with E-state index in [0.29, 0.717) is 28.7 Å². The van der Waals surface area contributed by atoms with Gasteiger partial charge in [0.2, 0.25) is 0 Å². The van der Waals surface area contributed by atoms with Crippen molar-refractivity contribution in [3.05, 3.63) is 71.2 Å². The molecule has 0 spiro atoms. The second-order valence-electron chi connectivity index (χ2n) is 8.91. The van der Waals surface area contributed by atoms with E-state index < -0.39 is 11.7 Å². The number of pyridine rings is 1. The van der Waals surface area contributed by atoms with Crippen molar-refractivity contribution < 1.29 is 10.6 Å². The first-order chi connectivity index (χ1) is 16.4. The average molecular weight is 465 g/mol. The van der Waals surface area contributed by atoms with Gasteiger partial charge < -0.3 is 15.7 Å². The van der Waals surface area contributed by atoms with Gasteiger partial charge in [0.15, 0.2) is 5.84 Å². The fraction of sp³-hybridized carbons (Fsp3) is 0.333. The number of anilines is 1. The molecule has 3 aromatic rings. The number of rotatable bonds is 6. The number of nitrogens with zero attached hydrogens (tertiary/aromatic N) is 5. The highest BCUT2D eigenvalue weighted by Crippen LogP contribution is 2.39. The average Bonchev–Trinajstić information content (AvgIpc) is 3.50. The first-order valence-corrected chi connectivity index (χ1v) is 11.4. The lowest BCUT2D eigenvalue weighted by Gasteiger charge is -2.35. The van der Waals surface area contributed by atoms with Gasteiger partial charge in [0.25, 0.3) is 5.91 Å². The monoisotopic (exact) mass is 464 g/mol. The van der Waals surface area contributed by atoms with Crippen molar-refractivity contribution in [1.82, 2.24) is 19.5 Å². The summed E-state index contributed by atoms with van der Waals surface area (Å²) in [6, 6.07) is 8.08. The number of amidine groups is 1. The Morgan fingerprint density at radius 2 is 2.09 bits per heavy atom. The van der Waals surface area contributed by atoms with E-state index in [4.69, 9.17) is 11.7 Å². The number of imidazole rings is 1. The van der Waals surface area contributed by atoms with E-state index >= 15 is 0 Å². The van der Waals surface area contributed by atoms with Gasteiger partial charge in [-0.3, -0.25) is 9.80 Å². The number of benzene rings is 1. The molecule has 10 heteroatoms. The number of nitrogens with one attached hydrogen (secondary N) is 1. The maximum Gasteiger partial charge on any atom is 0.259 e. The zero-order chi connectivity index (χ0) is 23.8. The molecule has 0 unspecified atom stereocenters. The Labute approximate surface area is 198 Å². The minimum atomic E-state index is -0.611. The Bertz CT molecular complexity index is 1270. The molecule has 5 rings (SSSR count). The number of aromatic nitrogens is 3. The van der Waals surface area contributed by atoms with Gasteiger partial charge in [-0.1, -0.05) is 6.07 Å². The number of carbonyl (C=O) groups excluding carboxylic acids is 1. The number of hydrogen-bond acceptors (Lipinski definition) is 6. The smallest absolute Gasteiger partial charge is 0.259 e. The molecule has 1 amide bonds. The molecule has 2 aliphatic carbocycles. The molecule has 0 saturated heterocycles. The third-order valence-corrected chi connectivity index (χ3v) is 6.46. The predicted octanol–water partition coefficient (Wildman–Crippen LogP) is 3.44. The van der Waals surface area contributed by atoms with Gasteiger partial charge in [-0.2, -0.15) is 5.10 Å². The third kappa shape index (κ3) is 4.24. The van der Waals surface area contributed by atoms with E-state index in [1.807, 2.05) is 10.8 Å². The summed E-state index contributed by atoms with van der Waals surface area (Å²) in [7, 11) is 0. The SMILES string of the molecule is Cc1cc(F)c(C(=O)Nc2cccc(/C(=N/N)N(N)C3CCC3)n2)cc1-n1cnc(C2CC2)c1.[HH]. The zero-order valence-electron chi connectivity index (χ0n) is 18.9. The number of carbonyl (C=O) groups is 1. The van der Waals surface area contributed by atoms with E-state index in [1.165, 1.54) is 17.1 Å².